The fourth-order valence-electron chi connectivity index (χ4n) is 1.76. The predicted octanol–water partition coefficient (Wildman–Crippen LogP) is -0.324. The Morgan fingerprint density at radius 3 is 2.93 bits per heavy atom. The molecule has 1 amide bonds. The van der Waals surface area contributed by atoms with E-state index in [1.165, 1.54) is 12.0 Å². The number of methoxy groups -OCH3 is 1. The quantitative estimate of drug-likeness (QED) is 0.491. The van der Waals surface area contributed by atoms with Crippen LogP contribution in [-0.2, 0) is 14.3 Å². The van der Waals surface area contributed by atoms with Crippen molar-refractivity contribution in [3.8, 4) is 0 Å². The fraction of sp³-hybridized carbons (Fsp3) is 0.556. The third-order valence-corrected chi connectivity index (χ3v) is 4.02. The van der Waals surface area contributed by atoms with Crippen LogP contribution < -0.4 is 5.73 Å². The number of thioether (sulfide) groups is 1. The van der Waals surface area contributed by atoms with Gasteiger partial charge in [0.05, 0.1) is 7.11 Å². The van der Waals surface area contributed by atoms with Crippen molar-refractivity contribution in [3.05, 3.63) is 11.3 Å². The summed E-state index contributed by atoms with van der Waals surface area (Å²) in [4.78, 5) is 24.5. The molecule has 5 nitrogen and oxygen atoms in total. The van der Waals surface area contributed by atoms with Crippen molar-refractivity contribution in [2.75, 3.05) is 12.9 Å². The Balaban J connectivity index is 2.33. The highest BCUT2D eigenvalue weighted by Crippen LogP contribution is 2.39. The van der Waals surface area contributed by atoms with Gasteiger partial charge < -0.3 is 10.5 Å². The third-order valence-electron chi connectivity index (χ3n) is 2.58. The minimum absolute atomic E-state index is 0.102. The number of carbonyl (C=O) groups is 2. The van der Waals surface area contributed by atoms with Crippen molar-refractivity contribution in [2.24, 2.45) is 5.73 Å². The number of carbonyl (C=O) groups excluding carboxylic acids is 2. The van der Waals surface area contributed by atoms with E-state index >= 15 is 0 Å². The predicted molar refractivity (Wildman–Crippen MR) is 55.8 cm³/mol. The van der Waals surface area contributed by atoms with Crippen LogP contribution in [0, 0.1) is 0 Å². The van der Waals surface area contributed by atoms with Crippen molar-refractivity contribution in [2.45, 2.75) is 18.3 Å². The van der Waals surface area contributed by atoms with Crippen molar-refractivity contribution in [3.63, 3.8) is 0 Å². The summed E-state index contributed by atoms with van der Waals surface area (Å²) in [5.41, 5.74) is 6.87. The standard InChI is InChI=1S/C9H12N2O3S/c1-4-3-15-8-5(10)7(12)11(8)6(4)9(13)14-2/h5,8H,3,10H2,1-2H3/t5?,8-/m0/s1. The van der Waals surface area contributed by atoms with Gasteiger partial charge >= 0.3 is 5.97 Å². The van der Waals surface area contributed by atoms with Gasteiger partial charge in [-0.2, -0.15) is 0 Å². The van der Waals surface area contributed by atoms with Crippen LogP contribution in [0.5, 0.6) is 0 Å². The number of hydrogen-bond donors (Lipinski definition) is 1. The molecule has 2 aliphatic heterocycles. The summed E-state index contributed by atoms with van der Waals surface area (Å²) in [6.45, 7) is 1.83. The molecule has 1 fully saturated rings. The number of nitrogens with two attached hydrogens (primary N) is 1. The molecule has 1 saturated heterocycles. The fourth-order valence-corrected chi connectivity index (χ4v) is 3.00. The lowest BCUT2D eigenvalue weighted by Crippen LogP contribution is -2.68. The molecule has 82 valence electrons. The van der Waals surface area contributed by atoms with E-state index in [2.05, 4.69) is 4.74 Å². The van der Waals surface area contributed by atoms with E-state index in [4.69, 9.17) is 5.73 Å². The van der Waals surface area contributed by atoms with Crippen molar-refractivity contribution >= 4 is 23.6 Å². The molecule has 2 heterocycles. The van der Waals surface area contributed by atoms with Gasteiger partial charge in [-0.1, -0.05) is 0 Å². The molecule has 0 spiro atoms. The van der Waals surface area contributed by atoms with E-state index in [0.717, 1.165) is 5.57 Å². The van der Waals surface area contributed by atoms with Crippen molar-refractivity contribution in [1.29, 1.82) is 0 Å². The first-order valence-corrected chi connectivity index (χ1v) is 5.61. The molecule has 6 heteroatoms. The zero-order valence-electron chi connectivity index (χ0n) is 8.52. The highest BCUT2D eigenvalue weighted by molar-refractivity contribution is 8.00. The Bertz CT molecular complexity index is 366. The van der Waals surface area contributed by atoms with E-state index in [9.17, 15) is 9.59 Å². The molecule has 15 heavy (non-hydrogen) atoms. The molecule has 0 aliphatic carbocycles. The van der Waals surface area contributed by atoms with Gasteiger partial charge in [-0.25, -0.2) is 4.79 Å². The molecule has 2 rings (SSSR count). The molecular weight excluding hydrogens is 216 g/mol. The maximum Gasteiger partial charge on any atom is 0.354 e. The summed E-state index contributed by atoms with van der Waals surface area (Å²) in [5, 5.41) is -0.102. The number of esters is 1. The second-order valence-corrected chi connectivity index (χ2v) is 4.66. The SMILES string of the molecule is COC(=O)C1=C(C)CS[C@H]2C(N)C(=O)N12. The number of hydrogen-bond acceptors (Lipinski definition) is 5. The number of β-lactam (4-membered cyclic amide) rings is 1. The molecule has 0 radical (unpaired) electrons. The Morgan fingerprint density at radius 2 is 2.33 bits per heavy atom. The van der Waals surface area contributed by atoms with Gasteiger partial charge in [0.15, 0.2) is 0 Å². The van der Waals surface area contributed by atoms with Crippen LogP contribution in [0.1, 0.15) is 6.92 Å². The molecule has 0 bridgehead atoms. The molecule has 0 saturated carbocycles. The lowest BCUT2D eigenvalue weighted by Gasteiger charge is -2.47. The molecular formula is C9H12N2O3S. The van der Waals surface area contributed by atoms with Gasteiger partial charge in [-0.05, 0) is 12.5 Å². The number of nitrogens with zero attached hydrogens (tertiary/aromatic N) is 1. The molecule has 2 N–H and O–H groups in total. The topological polar surface area (TPSA) is 72.6 Å². The lowest BCUT2D eigenvalue weighted by atomic mass is 10.0. The first kappa shape index (κ1) is 10.5. The Hall–Kier alpha value is -1.01. The first-order chi connectivity index (χ1) is 7.07. The van der Waals surface area contributed by atoms with Gasteiger partial charge in [0.2, 0.25) is 5.91 Å². The average molecular weight is 228 g/mol. The lowest BCUT2D eigenvalue weighted by molar-refractivity contribution is -0.149. The van der Waals surface area contributed by atoms with Gasteiger partial charge in [-0.15, -0.1) is 11.8 Å². The maximum atomic E-state index is 11.5. The number of fused-ring (bicyclic) bond motifs is 1. The highest BCUT2D eigenvalue weighted by Gasteiger charge is 2.51. The summed E-state index contributed by atoms with van der Waals surface area (Å²) in [6.07, 6.45) is 0. The van der Waals surface area contributed by atoms with Crippen molar-refractivity contribution in [1.82, 2.24) is 4.90 Å². The van der Waals surface area contributed by atoms with E-state index in [1.807, 2.05) is 6.92 Å². The van der Waals surface area contributed by atoms with Crippen LogP contribution >= 0.6 is 11.8 Å². The van der Waals surface area contributed by atoms with Gasteiger partial charge in [0.1, 0.15) is 17.1 Å². The average Bonchev–Trinajstić information content (AvgIpc) is 2.26. The second kappa shape index (κ2) is 3.53. The van der Waals surface area contributed by atoms with Crippen LogP contribution in [0.25, 0.3) is 0 Å². The Labute approximate surface area is 91.6 Å². The van der Waals surface area contributed by atoms with Crippen LogP contribution in [0.15, 0.2) is 11.3 Å². The molecule has 2 atom stereocenters. The van der Waals surface area contributed by atoms with Crippen LogP contribution in [-0.4, -0.2) is 41.1 Å². The van der Waals surface area contributed by atoms with Crippen molar-refractivity contribution < 1.29 is 14.3 Å². The number of ether oxygens (including phenoxy) is 1. The largest absolute Gasteiger partial charge is 0.464 e. The van der Waals surface area contributed by atoms with Crippen LogP contribution in [0.2, 0.25) is 0 Å². The normalized spacial score (nSPS) is 29.8. The monoisotopic (exact) mass is 228 g/mol. The minimum atomic E-state index is -0.484. The zero-order valence-corrected chi connectivity index (χ0v) is 9.34. The molecule has 1 unspecified atom stereocenters. The minimum Gasteiger partial charge on any atom is -0.464 e. The number of rotatable bonds is 1. The summed E-state index contributed by atoms with van der Waals surface area (Å²) in [7, 11) is 1.31. The second-order valence-electron chi connectivity index (χ2n) is 3.56. The smallest absolute Gasteiger partial charge is 0.354 e. The molecule has 0 aromatic heterocycles. The van der Waals surface area contributed by atoms with Gasteiger partial charge in [0, 0.05) is 5.75 Å². The Kier molecular flexibility index (Phi) is 2.47. The van der Waals surface area contributed by atoms with E-state index in [0.29, 0.717) is 11.4 Å². The highest BCUT2D eigenvalue weighted by atomic mass is 32.2. The van der Waals surface area contributed by atoms with E-state index in [1.54, 1.807) is 11.8 Å². The van der Waals surface area contributed by atoms with Crippen LogP contribution in [0.3, 0.4) is 0 Å². The van der Waals surface area contributed by atoms with Crippen LogP contribution in [0.4, 0.5) is 0 Å². The summed E-state index contributed by atoms with van der Waals surface area (Å²) >= 11 is 1.58. The molecule has 2 aliphatic rings. The number of amides is 1. The first-order valence-electron chi connectivity index (χ1n) is 4.56. The third kappa shape index (κ3) is 1.36. The summed E-state index contributed by atoms with van der Waals surface area (Å²) in [5.74, 6) is 0.0528. The summed E-state index contributed by atoms with van der Waals surface area (Å²) < 4.78 is 4.66. The molecule has 0 aromatic rings. The van der Waals surface area contributed by atoms with E-state index < -0.39 is 12.0 Å². The van der Waals surface area contributed by atoms with Gasteiger partial charge in [-0.3, -0.25) is 9.69 Å². The van der Waals surface area contributed by atoms with Gasteiger partial charge in [0.25, 0.3) is 0 Å². The summed E-state index contributed by atoms with van der Waals surface area (Å²) in [6, 6.07) is -0.484. The van der Waals surface area contributed by atoms with E-state index in [-0.39, 0.29) is 11.3 Å². The maximum absolute atomic E-state index is 11.5. The Morgan fingerprint density at radius 1 is 1.67 bits per heavy atom. The zero-order chi connectivity index (χ0) is 11.2. The molecule has 0 aromatic carbocycles.